The maximum absolute atomic E-state index is 13.4. The zero-order valence-corrected chi connectivity index (χ0v) is 18.1. The number of para-hydroxylation sites is 1. The zero-order chi connectivity index (χ0) is 21.4. The Morgan fingerprint density at radius 1 is 1.03 bits per heavy atom. The van der Waals surface area contributed by atoms with Crippen LogP contribution in [0.2, 0.25) is 0 Å². The molecular weight excluding hydrogens is 388 g/mol. The molecular formula is C26H28N2O3. The van der Waals surface area contributed by atoms with Crippen molar-refractivity contribution in [2.24, 2.45) is 0 Å². The first-order valence-corrected chi connectivity index (χ1v) is 11.0. The highest BCUT2D eigenvalue weighted by Crippen LogP contribution is 2.46. The minimum atomic E-state index is 0.0269. The van der Waals surface area contributed by atoms with Gasteiger partial charge in [0.1, 0.15) is 0 Å². The van der Waals surface area contributed by atoms with Crippen molar-refractivity contribution in [1.82, 2.24) is 9.88 Å². The number of carbonyl (C=O) groups excluding carboxylic acids is 1. The van der Waals surface area contributed by atoms with Gasteiger partial charge in [0, 0.05) is 34.8 Å². The molecule has 5 nitrogen and oxygen atoms in total. The molecule has 0 spiro atoms. The molecule has 2 aromatic carbocycles. The van der Waals surface area contributed by atoms with E-state index < -0.39 is 0 Å². The summed E-state index contributed by atoms with van der Waals surface area (Å²) in [6.45, 7) is 0.672. The Hall–Kier alpha value is -3.21. The van der Waals surface area contributed by atoms with Gasteiger partial charge in [0.15, 0.2) is 11.5 Å². The SMILES string of the molecule is COc1ccc(CCN2C(=O)C3=C(CCCC3)[C@@H]2c2c[nH]c3ccccc23)cc1OC. The van der Waals surface area contributed by atoms with E-state index in [-0.39, 0.29) is 11.9 Å². The number of hydrogen-bond donors (Lipinski definition) is 1. The summed E-state index contributed by atoms with van der Waals surface area (Å²) < 4.78 is 10.8. The van der Waals surface area contributed by atoms with Crippen LogP contribution in [0.4, 0.5) is 0 Å². The molecule has 0 saturated carbocycles. The number of rotatable bonds is 6. The van der Waals surface area contributed by atoms with E-state index in [1.807, 2.05) is 18.2 Å². The van der Waals surface area contributed by atoms with E-state index in [0.717, 1.165) is 60.3 Å². The predicted octanol–water partition coefficient (Wildman–Crippen LogP) is 5.18. The maximum atomic E-state index is 13.4. The Kier molecular flexibility index (Phi) is 5.18. The van der Waals surface area contributed by atoms with Gasteiger partial charge < -0.3 is 19.4 Å². The van der Waals surface area contributed by atoms with Gasteiger partial charge >= 0.3 is 0 Å². The van der Waals surface area contributed by atoms with Crippen LogP contribution in [-0.2, 0) is 11.2 Å². The lowest BCUT2D eigenvalue weighted by Crippen LogP contribution is -2.32. The molecule has 1 aliphatic carbocycles. The van der Waals surface area contributed by atoms with Crippen LogP contribution in [0, 0.1) is 0 Å². The fraction of sp³-hybridized carbons (Fsp3) is 0.346. The Bertz CT molecular complexity index is 1160. The number of H-pyrrole nitrogens is 1. The summed E-state index contributed by atoms with van der Waals surface area (Å²) in [6.07, 6.45) is 7.04. The Labute approximate surface area is 182 Å². The van der Waals surface area contributed by atoms with Gasteiger partial charge in [-0.15, -0.1) is 0 Å². The van der Waals surface area contributed by atoms with Gasteiger partial charge in [-0.05, 0) is 61.4 Å². The van der Waals surface area contributed by atoms with Gasteiger partial charge in [0.05, 0.1) is 20.3 Å². The number of methoxy groups -OCH3 is 2. The molecule has 0 bridgehead atoms. The average molecular weight is 417 g/mol. The molecule has 1 aromatic heterocycles. The van der Waals surface area contributed by atoms with Crippen LogP contribution in [0.15, 0.2) is 59.8 Å². The van der Waals surface area contributed by atoms with Crippen LogP contribution in [0.5, 0.6) is 11.5 Å². The number of hydrogen-bond acceptors (Lipinski definition) is 3. The molecule has 3 aromatic rings. The van der Waals surface area contributed by atoms with E-state index in [4.69, 9.17) is 9.47 Å². The second-order valence-corrected chi connectivity index (χ2v) is 8.34. The number of fused-ring (bicyclic) bond motifs is 1. The number of ether oxygens (including phenoxy) is 2. The van der Waals surface area contributed by atoms with Crippen molar-refractivity contribution in [2.45, 2.75) is 38.1 Å². The van der Waals surface area contributed by atoms with Crippen LogP contribution >= 0.6 is 0 Å². The van der Waals surface area contributed by atoms with E-state index in [0.29, 0.717) is 6.54 Å². The van der Waals surface area contributed by atoms with Crippen LogP contribution in [0.25, 0.3) is 10.9 Å². The lowest BCUT2D eigenvalue weighted by Gasteiger charge is -2.27. The Morgan fingerprint density at radius 3 is 2.68 bits per heavy atom. The van der Waals surface area contributed by atoms with Crippen molar-refractivity contribution >= 4 is 16.8 Å². The van der Waals surface area contributed by atoms with Crippen LogP contribution in [-0.4, -0.2) is 36.6 Å². The number of aromatic amines is 1. The number of nitrogens with zero attached hydrogens (tertiary/aromatic N) is 1. The van der Waals surface area contributed by atoms with Crippen molar-refractivity contribution in [2.75, 3.05) is 20.8 Å². The number of nitrogens with one attached hydrogen (secondary N) is 1. The second-order valence-electron chi connectivity index (χ2n) is 8.34. The highest BCUT2D eigenvalue weighted by atomic mass is 16.5. The Balaban J connectivity index is 1.47. The minimum Gasteiger partial charge on any atom is -0.493 e. The third-order valence-electron chi connectivity index (χ3n) is 6.68. The molecule has 0 fully saturated rings. The monoisotopic (exact) mass is 416 g/mol. The molecule has 1 aliphatic heterocycles. The summed E-state index contributed by atoms with van der Waals surface area (Å²) in [5.74, 6) is 1.65. The van der Waals surface area contributed by atoms with Gasteiger partial charge in [-0.25, -0.2) is 0 Å². The number of benzene rings is 2. The third-order valence-corrected chi connectivity index (χ3v) is 6.68. The summed E-state index contributed by atoms with van der Waals surface area (Å²) in [5, 5.41) is 1.20. The molecule has 1 atom stereocenters. The van der Waals surface area contributed by atoms with E-state index in [9.17, 15) is 4.79 Å². The van der Waals surface area contributed by atoms with Gasteiger partial charge in [-0.2, -0.15) is 0 Å². The lowest BCUT2D eigenvalue weighted by atomic mass is 9.87. The number of aromatic nitrogens is 1. The van der Waals surface area contributed by atoms with Crippen LogP contribution < -0.4 is 9.47 Å². The highest BCUT2D eigenvalue weighted by molar-refractivity contribution is 5.99. The van der Waals surface area contributed by atoms with E-state index >= 15 is 0 Å². The molecule has 5 heteroatoms. The van der Waals surface area contributed by atoms with Gasteiger partial charge in [-0.1, -0.05) is 24.3 Å². The van der Waals surface area contributed by atoms with E-state index in [1.165, 1.54) is 16.5 Å². The molecule has 2 aliphatic rings. The fourth-order valence-electron chi connectivity index (χ4n) is 5.15. The molecule has 1 N–H and O–H groups in total. The van der Waals surface area contributed by atoms with Gasteiger partial charge in [0.25, 0.3) is 5.91 Å². The predicted molar refractivity (Wildman–Crippen MR) is 121 cm³/mol. The first-order chi connectivity index (χ1) is 15.2. The maximum Gasteiger partial charge on any atom is 0.250 e. The molecule has 0 saturated heterocycles. The van der Waals surface area contributed by atoms with Gasteiger partial charge in [-0.3, -0.25) is 4.79 Å². The fourth-order valence-corrected chi connectivity index (χ4v) is 5.15. The van der Waals surface area contributed by atoms with Crippen molar-refractivity contribution in [3.05, 3.63) is 70.9 Å². The third kappa shape index (κ3) is 3.38. The quantitative estimate of drug-likeness (QED) is 0.602. The van der Waals surface area contributed by atoms with Crippen molar-refractivity contribution in [1.29, 1.82) is 0 Å². The highest BCUT2D eigenvalue weighted by Gasteiger charge is 2.41. The number of carbonyl (C=O) groups is 1. The van der Waals surface area contributed by atoms with Gasteiger partial charge in [0.2, 0.25) is 0 Å². The molecule has 2 heterocycles. The zero-order valence-electron chi connectivity index (χ0n) is 18.1. The molecule has 0 unspecified atom stereocenters. The molecule has 1 amide bonds. The smallest absolute Gasteiger partial charge is 0.250 e. The summed E-state index contributed by atoms with van der Waals surface area (Å²) in [4.78, 5) is 18.9. The minimum absolute atomic E-state index is 0.0269. The first-order valence-electron chi connectivity index (χ1n) is 11.0. The second kappa shape index (κ2) is 8.14. The topological polar surface area (TPSA) is 54.6 Å². The van der Waals surface area contributed by atoms with Crippen molar-refractivity contribution in [3.8, 4) is 11.5 Å². The largest absolute Gasteiger partial charge is 0.493 e. The Morgan fingerprint density at radius 2 is 1.84 bits per heavy atom. The molecule has 5 rings (SSSR count). The molecule has 160 valence electrons. The summed E-state index contributed by atoms with van der Waals surface area (Å²) in [6, 6.07) is 14.4. The summed E-state index contributed by atoms with van der Waals surface area (Å²) >= 11 is 0. The first kappa shape index (κ1) is 19.7. The van der Waals surface area contributed by atoms with Crippen molar-refractivity contribution < 1.29 is 14.3 Å². The normalized spacial score (nSPS) is 18.6. The van der Waals surface area contributed by atoms with E-state index in [2.05, 4.69) is 40.3 Å². The number of amides is 1. The standard InChI is InChI=1S/C26H28N2O3/c1-30-23-12-11-17(15-24(23)31-2)13-14-28-25(19-8-3-4-9-20(19)26(28)29)21-16-27-22-10-6-5-7-18(21)22/h5-7,10-12,15-16,25,27H,3-4,8-9,13-14H2,1-2H3/t25-/m1/s1. The lowest BCUT2D eigenvalue weighted by molar-refractivity contribution is -0.127. The average Bonchev–Trinajstić information content (AvgIpc) is 3.36. The summed E-state index contributed by atoms with van der Waals surface area (Å²) in [5.41, 5.74) is 5.84. The van der Waals surface area contributed by atoms with Crippen molar-refractivity contribution in [3.63, 3.8) is 0 Å². The molecule has 0 radical (unpaired) electrons. The summed E-state index contributed by atoms with van der Waals surface area (Å²) in [7, 11) is 3.29. The van der Waals surface area contributed by atoms with E-state index in [1.54, 1.807) is 14.2 Å². The van der Waals surface area contributed by atoms with Crippen LogP contribution in [0.3, 0.4) is 0 Å². The van der Waals surface area contributed by atoms with Crippen LogP contribution in [0.1, 0.15) is 42.9 Å². The molecule has 31 heavy (non-hydrogen) atoms.